The number of hydrogen-bond donors (Lipinski definition) is 0. The number of rotatable bonds is 7. The van der Waals surface area contributed by atoms with Crippen LogP contribution in [0.3, 0.4) is 0 Å². The molecule has 0 atom stereocenters. The second kappa shape index (κ2) is 14.0. The van der Waals surface area contributed by atoms with Crippen LogP contribution in [-0.4, -0.2) is 9.55 Å². The zero-order valence-corrected chi connectivity index (χ0v) is 28.8. The molecule has 0 unspecified atom stereocenters. The molecule has 0 aliphatic heterocycles. The van der Waals surface area contributed by atoms with Gasteiger partial charge in [0.25, 0.3) is 6.33 Å². The van der Waals surface area contributed by atoms with E-state index in [0.29, 0.717) is 28.2 Å². The molecule has 0 amide bonds. The van der Waals surface area contributed by atoms with E-state index < -0.39 is 60.4 Å². The van der Waals surface area contributed by atoms with E-state index in [1.807, 2.05) is 54.6 Å². The van der Waals surface area contributed by atoms with Gasteiger partial charge < -0.3 is 14.3 Å². The average Bonchev–Trinajstić information content (AvgIpc) is 3.66. The fourth-order valence-corrected chi connectivity index (χ4v) is 6.09. The van der Waals surface area contributed by atoms with Crippen molar-refractivity contribution in [3.63, 3.8) is 0 Å². The molecule has 2 aromatic heterocycles. The van der Waals surface area contributed by atoms with Gasteiger partial charge in [0.05, 0.1) is 30.4 Å². The van der Waals surface area contributed by atoms with Crippen LogP contribution in [0.5, 0.6) is 11.5 Å². The fourth-order valence-electron chi connectivity index (χ4n) is 6.09. The summed E-state index contributed by atoms with van der Waals surface area (Å²) in [4.78, 5) is 4.63. The Morgan fingerprint density at radius 2 is 1.27 bits per heavy atom. The second-order valence-electron chi connectivity index (χ2n) is 11.3. The van der Waals surface area contributed by atoms with Gasteiger partial charge in [-0.2, -0.15) is 12.1 Å². The molecule has 0 aliphatic carbocycles. The van der Waals surface area contributed by atoms with Crippen molar-refractivity contribution < 1.29 is 44.1 Å². The fraction of sp³-hybridized carbons (Fsp3) is 0. The molecular weight excluding hydrogens is 806 g/mol. The summed E-state index contributed by atoms with van der Waals surface area (Å²) >= 11 is 0. The normalized spacial score (nSPS) is 13.7. The molecule has 0 saturated heterocycles. The Hall–Kier alpha value is -6.09. The Balaban J connectivity index is 0.00000514. The monoisotopic (exact) mass is 844 g/mol. The number of aromatic nitrogens is 3. The number of fused-ring (bicyclic) bond motifs is 2. The Kier molecular flexibility index (Phi) is 6.21. The number of nitrogens with zero attached hydrogens (tertiary/aromatic N) is 3. The number of ether oxygens (including phenoxy) is 1. The molecule has 7 aromatic carbocycles. The van der Waals surface area contributed by atoms with Crippen molar-refractivity contribution in [2.75, 3.05) is 0 Å². The first-order valence-corrected chi connectivity index (χ1v) is 15.7. The van der Waals surface area contributed by atoms with Crippen LogP contribution in [-0.2, 0) is 21.1 Å². The smallest absolute Gasteiger partial charge is 0.268 e. The summed E-state index contributed by atoms with van der Waals surface area (Å²) in [6, 6.07) is 34.3. The standard InChI is InChI=1S/C46H29N3O.Pt/c1-3-14-33(15-4-1)41-24-13-25-42(34-16-5-2-6-17-34)46(41)49-32-48(43-26-9-10-27-44(43)49)37-20-12-22-39(31-37)50-38-21-11-19-36(30-38)45-40-23-8-7-18-35(40)28-29-47-45;/h1-29H;/q-2;/i1D,2D,3D,4D,5D,6D,14D,15D,16D,17D;. The van der Waals surface area contributed by atoms with Crippen LogP contribution in [0.15, 0.2) is 176 Å². The topological polar surface area (TPSA) is 30.9 Å². The summed E-state index contributed by atoms with van der Waals surface area (Å²) in [6.45, 7) is 0. The minimum Gasteiger partial charge on any atom is -0.503 e. The minimum atomic E-state index is -0.569. The molecule has 0 bridgehead atoms. The van der Waals surface area contributed by atoms with Gasteiger partial charge in [0.2, 0.25) is 0 Å². The zero-order chi connectivity index (χ0) is 42.0. The second-order valence-corrected chi connectivity index (χ2v) is 11.3. The molecule has 0 saturated carbocycles. The van der Waals surface area contributed by atoms with E-state index in [9.17, 15) is 0 Å². The maximum atomic E-state index is 8.92. The SMILES string of the molecule is [2H]c1c([2H])c([2H])c(-c2cccc(-c3c([2H])c([2H])c([2H])c([2H])c3[2H])c2-[n+]2[c-]n(-c3[c-]c(Oc4[c-]c(-c5nccc6ccccc56)ccc4)ccc3)c3ccccc32)c([2H])c1[2H].[Pt]. The average molecular weight is 845 g/mol. The Morgan fingerprint density at radius 1 is 0.627 bits per heavy atom. The summed E-state index contributed by atoms with van der Waals surface area (Å²) in [7, 11) is 0. The van der Waals surface area contributed by atoms with E-state index in [0.717, 1.165) is 22.0 Å². The Morgan fingerprint density at radius 3 is 2.04 bits per heavy atom. The molecule has 51 heavy (non-hydrogen) atoms. The molecule has 9 aromatic rings. The zero-order valence-electron chi connectivity index (χ0n) is 36.5. The molecule has 5 heteroatoms. The number of imidazole rings is 1. The van der Waals surface area contributed by atoms with Crippen LogP contribution in [0.4, 0.5) is 0 Å². The van der Waals surface area contributed by atoms with Gasteiger partial charge in [0, 0.05) is 38.8 Å². The van der Waals surface area contributed by atoms with Gasteiger partial charge in [-0.25, -0.2) is 0 Å². The summed E-state index contributed by atoms with van der Waals surface area (Å²) < 4.78 is 95.8. The quantitative estimate of drug-likeness (QED) is 0.118. The predicted octanol–water partition coefficient (Wildman–Crippen LogP) is 10.6. The third-order valence-corrected chi connectivity index (χ3v) is 8.27. The Bertz CT molecular complexity index is 3080. The molecule has 0 fully saturated rings. The molecule has 0 N–H and O–H groups in total. The summed E-state index contributed by atoms with van der Waals surface area (Å²) in [6.07, 6.45) is 5.12. The largest absolute Gasteiger partial charge is 0.503 e. The predicted molar refractivity (Wildman–Crippen MR) is 199 cm³/mol. The summed E-state index contributed by atoms with van der Waals surface area (Å²) in [5, 5.41) is 2.03. The van der Waals surface area contributed by atoms with Gasteiger partial charge >= 0.3 is 0 Å². The maximum absolute atomic E-state index is 8.92. The molecule has 2 heterocycles. The first kappa shape index (κ1) is 22.6. The van der Waals surface area contributed by atoms with E-state index in [4.69, 9.17) is 18.4 Å². The van der Waals surface area contributed by atoms with Gasteiger partial charge in [-0.1, -0.05) is 133 Å². The van der Waals surface area contributed by atoms with E-state index >= 15 is 0 Å². The van der Waals surface area contributed by atoms with E-state index in [1.165, 1.54) is 0 Å². The van der Waals surface area contributed by atoms with Crippen molar-refractivity contribution in [3.05, 3.63) is 194 Å². The third-order valence-electron chi connectivity index (χ3n) is 8.27. The number of hydrogen-bond acceptors (Lipinski definition) is 2. The van der Waals surface area contributed by atoms with Crippen molar-refractivity contribution in [3.8, 4) is 56.4 Å². The van der Waals surface area contributed by atoms with E-state index in [1.54, 1.807) is 69.9 Å². The van der Waals surface area contributed by atoms with Gasteiger partial charge in [-0.3, -0.25) is 4.57 Å². The molecule has 4 nitrogen and oxygen atoms in total. The maximum Gasteiger partial charge on any atom is 0.268 e. The molecule has 0 spiro atoms. The van der Waals surface area contributed by atoms with Crippen molar-refractivity contribution >= 4 is 21.8 Å². The molecule has 246 valence electrons. The van der Waals surface area contributed by atoms with Crippen molar-refractivity contribution in [1.82, 2.24) is 9.55 Å². The van der Waals surface area contributed by atoms with Crippen LogP contribution < -0.4 is 9.30 Å². The van der Waals surface area contributed by atoms with Crippen molar-refractivity contribution in [1.29, 1.82) is 0 Å². The van der Waals surface area contributed by atoms with E-state index in [-0.39, 0.29) is 49.0 Å². The number of benzene rings is 7. The van der Waals surface area contributed by atoms with Crippen LogP contribution in [0, 0.1) is 18.5 Å². The molecule has 0 aliphatic rings. The summed E-state index contributed by atoms with van der Waals surface area (Å²) in [5.74, 6) is 0.798. The van der Waals surface area contributed by atoms with Gasteiger partial charge in [-0.15, -0.1) is 35.9 Å². The molecule has 9 rings (SSSR count). The molecule has 0 radical (unpaired) electrons. The Labute approximate surface area is 325 Å². The van der Waals surface area contributed by atoms with Crippen LogP contribution in [0.1, 0.15) is 13.7 Å². The first-order valence-electron chi connectivity index (χ1n) is 20.7. The molecular formula is C46H29N3OPt-2. The van der Waals surface area contributed by atoms with Crippen LogP contribution >= 0.6 is 0 Å². The van der Waals surface area contributed by atoms with Gasteiger partial charge in [0.15, 0.2) is 0 Å². The number of para-hydroxylation sites is 3. The van der Waals surface area contributed by atoms with Crippen molar-refractivity contribution in [2.45, 2.75) is 0 Å². The van der Waals surface area contributed by atoms with E-state index in [2.05, 4.69) is 23.4 Å². The van der Waals surface area contributed by atoms with Crippen LogP contribution in [0.25, 0.3) is 66.7 Å². The first-order chi connectivity index (χ1) is 28.9. The van der Waals surface area contributed by atoms with Gasteiger partial charge in [0.1, 0.15) is 0 Å². The minimum absolute atomic E-state index is 0. The number of pyridine rings is 1. The summed E-state index contributed by atoms with van der Waals surface area (Å²) in [5.41, 5.74) is 3.36. The van der Waals surface area contributed by atoms with Crippen LogP contribution in [0.2, 0.25) is 0 Å². The third kappa shape index (κ3) is 6.16. The van der Waals surface area contributed by atoms with Gasteiger partial charge in [-0.05, 0) is 50.5 Å². The van der Waals surface area contributed by atoms with Crippen molar-refractivity contribution in [2.24, 2.45) is 0 Å².